The van der Waals surface area contributed by atoms with Crippen LogP contribution in [0.5, 0.6) is 5.88 Å². The van der Waals surface area contributed by atoms with Crippen LogP contribution in [0.25, 0.3) is 11.3 Å². The number of pyridine rings is 2. The van der Waals surface area contributed by atoms with Gasteiger partial charge in [-0.25, -0.2) is 4.98 Å². The number of nitrogens with one attached hydrogen (secondary N) is 2. The summed E-state index contributed by atoms with van der Waals surface area (Å²) in [6.07, 6.45) is 0. The van der Waals surface area contributed by atoms with Crippen LogP contribution in [-0.4, -0.2) is 72.9 Å². The van der Waals surface area contributed by atoms with Gasteiger partial charge in [0, 0.05) is 36.8 Å². The van der Waals surface area contributed by atoms with Gasteiger partial charge in [-0.2, -0.15) is 4.98 Å². The van der Waals surface area contributed by atoms with Gasteiger partial charge in [0.15, 0.2) is 0 Å². The van der Waals surface area contributed by atoms with E-state index < -0.39 is 0 Å². The minimum absolute atomic E-state index is 0.00402. The van der Waals surface area contributed by atoms with Crippen LogP contribution in [0.3, 0.4) is 0 Å². The molecule has 0 radical (unpaired) electrons. The Labute approximate surface area is 224 Å². The highest BCUT2D eigenvalue weighted by Gasteiger charge is 2.26. The first-order chi connectivity index (χ1) is 17.8. The maximum absolute atomic E-state index is 12.8. The van der Waals surface area contributed by atoms with Gasteiger partial charge >= 0.3 is 0 Å². The molecule has 11 nitrogen and oxygen atoms in total. The van der Waals surface area contributed by atoms with Crippen molar-refractivity contribution in [2.24, 2.45) is 0 Å². The van der Waals surface area contributed by atoms with Gasteiger partial charge in [-0.15, -0.1) is 0 Å². The third-order valence-corrected chi connectivity index (χ3v) is 6.29. The zero-order valence-electron chi connectivity index (χ0n) is 20.2. The molecule has 1 fully saturated rings. The second kappa shape index (κ2) is 11.8. The molecular formula is C24H26Cl2N7O4-. The monoisotopic (exact) mass is 546 g/mol. The number of likely N-dealkylation sites (N-methyl/N-ethyl adjacent to an activating group) is 1. The molecule has 0 spiro atoms. The Balaban J connectivity index is 1.51. The van der Waals surface area contributed by atoms with Crippen LogP contribution in [0.2, 0.25) is 10.0 Å². The number of aromatic nitrogens is 2. The summed E-state index contributed by atoms with van der Waals surface area (Å²) in [5, 5.41) is 27.3. The van der Waals surface area contributed by atoms with Crippen LogP contribution in [0.1, 0.15) is 0 Å². The standard InChI is InChI=1S/C24H26Cl2N7O4/c1-31-11-12-32(22(34)14-31)18-5-7-20(29-23(18)16-4-3-15(25)13-17(16)26)27-9-10-28-21-8-6-19(33(35)36)24(30-21)37-2/h3-8,13,35H,9-12,14H2,1-2H3,(H,27,29)(H,28,30)/q-1. The van der Waals surface area contributed by atoms with Gasteiger partial charge in [-0.05, 0) is 49.5 Å². The first kappa shape index (κ1) is 26.7. The summed E-state index contributed by atoms with van der Waals surface area (Å²) in [6, 6.07) is 11.8. The number of carbonyl (C=O) groups is 1. The molecule has 0 atom stereocenters. The summed E-state index contributed by atoms with van der Waals surface area (Å²) in [4.78, 5) is 25.4. The Morgan fingerprint density at radius 2 is 1.78 bits per heavy atom. The van der Waals surface area contributed by atoms with Crippen molar-refractivity contribution in [3.63, 3.8) is 0 Å². The molecule has 3 N–H and O–H groups in total. The molecule has 3 heterocycles. The van der Waals surface area contributed by atoms with Crippen molar-refractivity contribution >= 4 is 52.1 Å². The summed E-state index contributed by atoms with van der Waals surface area (Å²) < 4.78 is 5.04. The fourth-order valence-electron chi connectivity index (χ4n) is 3.90. The smallest absolute Gasteiger partial charge is 0.241 e. The predicted molar refractivity (Wildman–Crippen MR) is 145 cm³/mol. The van der Waals surface area contributed by atoms with Crippen molar-refractivity contribution in [2.75, 3.05) is 67.6 Å². The predicted octanol–water partition coefficient (Wildman–Crippen LogP) is 3.95. The zero-order valence-corrected chi connectivity index (χ0v) is 21.8. The van der Waals surface area contributed by atoms with E-state index in [1.54, 1.807) is 29.2 Å². The number of hydrogen-bond acceptors (Lipinski definition) is 10. The van der Waals surface area contributed by atoms with E-state index in [2.05, 4.69) is 15.6 Å². The van der Waals surface area contributed by atoms with E-state index in [1.165, 1.54) is 13.2 Å². The summed E-state index contributed by atoms with van der Waals surface area (Å²) in [5.74, 6) is 1.05. The molecule has 0 unspecified atom stereocenters. The zero-order chi connectivity index (χ0) is 26.5. The highest BCUT2D eigenvalue weighted by Crippen LogP contribution is 2.37. The Morgan fingerprint density at radius 1 is 1.08 bits per heavy atom. The second-order valence-corrected chi connectivity index (χ2v) is 9.17. The van der Waals surface area contributed by atoms with Gasteiger partial charge in [0.2, 0.25) is 11.8 Å². The van der Waals surface area contributed by atoms with Crippen LogP contribution in [0, 0.1) is 5.21 Å². The van der Waals surface area contributed by atoms with Crippen molar-refractivity contribution in [3.8, 4) is 17.1 Å². The lowest BCUT2D eigenvalue weighted by Crippen LogP contribution is -2.49. The maximum atomic E-state index is 12.8. The van der Waals surface area contributed by atoms with Gasteiger partial charge in [-0.3, -0.25) is 14.9 Å². The average Bonchev–Trinajstić information content (AvgIpc) is 2.86. The van der Waals surface area contributed by atoms with Gasteiger partial charge < -0.3 is 30.7 Å². The number of nitrogens with zero attached hydrogens (tertiary/aromatic N) is 5. The van der Waals surface area contributed by atoms with Gasteiger partial charge in [0.25, 0.3) is 0 Å². The minimum Gasteiger partial charge on any atom is -0.733 e. The van der Waals surface area contributed by atoms with Crippen molar-refractivity contribution in [2.45, 2.75) is 0 Å². The maximum Gasteiger partial charge on any atom is 0.241 e. The van der Waals surface area contributed by atoms with Gasteiger partial charge in [0.1, 0.15) is 17.3 Å². The largest absolute Gasteiger partial charge is 0.733 e. The number of ether oxygens (including phenoxy) is 1. The Kier molecular flexibility index (Phi) is 8.52. The van der Waals surface area contributed by atoms with Crippen LogP contribution in [-0.2, 0) is 4.79 Å². The quantitative estimate of drug-likeness (QED) is 0.268. The number of benzene rings is 1. The number of rotatable bonds is 9. The van der Waals surface area contributed by atoms with Gasteiger partial charge in [0.05, 0.1) is 30.1 Å². The molecular weight excluding hydrogens is 521 g/mol. The highest BCUT2D eigenvalue weighted by molar-refractivity contribution is 6.36. The minimum atomic E-state index is -0.299. The van der Waals surface area contributed by atoms with E-state index in [9.17, 15) is 10.0 Å². The van der Waals surface area contributed by atoms with E-state index in [1.807, 2.05) is 24.1 Å². The number of hydrogen-bond donors (Lipinski definition) is 3. The average molecular weight is 547 g/mol. The van der Waals surface area contributed by atoms with E-state index in [0.717, 1.165) is 6.54 Å². The van der Waals surface area contributed by atoms with E-state index in [-0.39, 0.29) is 22.7 Å². The summed E-state index contributed by atoms with van der Waals surface area (Å²) in [5.41, 5.74) is 1.83. The van der Waals surface area contributed by atoms with Crippen molar-refractivity contribution in [1.82, 2.24) is 14.9 Å². The number of piperazine rings is 1. The molecule has 196 valence electrons. The molecule has 13 heteroatoms. The Hall–Kier alpha value is -3.35. The van der Waals surface area contributed by atoms with Crippen molar-refractivity contribution < 1.29 is 14.7 Å². The molecule has 2 aromatic heterocycles. The van der Waals surface area contributed by atoms with Crippen LogP contribution < -0.4 is 25.5 Å². The molecule has 3 aromatic rings. The molecule has 1 aliphatic heterocycles. The van der Waals surface area contributed by atoms with E-state index in [0.29, 0.717) is 64.8 Å². The third kappa shape index (κ3) is 6.32. The lowest BCUT2D eigenvalue weighted by Gasteiger charge is -2.33. The number of carbonyl (C=O) groups excluding carboxylic acids is 1. The number of halogens is 2. The summed E-state index contributed by atoms with van der Waals surface area (Å²) in [7, 11) is 3.27. The van der Waals surface area contributed by atoms with Crippen molar-refractivity contribution in [1.29, 1.82) is 0 Å². The Bertz CT molecular complexity index is 1280. The second-order valence-electron chi connectivity index (χ2n) is 8.32. The topological polar surface area (TPSA) is 129 Å². The number of methoxy groups -OCH3 is 1. The lowest BCUT2D eigenvalue weighted by atomic mass is 10.1. The molecule has 0 aliphatic carbocycles. The number of anilines is 4. The molecule has 4 rings (SSSR count). The molecule has 37 heavy (non-hydrogen) atoms. The first-order valence-electron chi connectivity index (χ1n) is 11.4. The van der Waals surface area contributed by atoms with Crippen LogP contribution >= 0.6 is 23.2 Å². The van der Waals surface area contributed by atoms with Crippen molar-refractivity contribution in [3.05, 3.63) is 57.7 Å². The lowest BCUT2D eigenvalue weighted by molar-refractivity contribution is -0.120. The normalized spacial score (nSPS) is 14.0. The fourth-order valence-corrected chi connectivity index (χ4v) is 4.40. The highest BCUT2D eigenvalue weighted by atomic mass is 35.5. The van der Waals surface area contributed by atoms with E-state index in [4.69, 9.17) is 38.1 Å². The first-order valence-corrected chi connectivity index (χ1v) is 12.2. The third-order valence-electron chi connectivity index (χ3n) is 5.74. The van der Waals surface area contributed by atoms with Crippen LogP contribution in [0.4, 0.5) is 23.0 Å². The molecule has 0 saturated carbocycles. The molecule has 1 aliphatic rings. The fraction of sp³-hybridized carbons (Fsp3) is 0.292. The van der Waals surface area contributed by atoms with E-state index >= 15 is 0 Å². The molecule has 1 aromatic carbocycles. The van der Waals surface area contributed by atoms with Gasteiger partial charge in [-0.1, -0.05) is 23.2 Å². The Morgan fingerprint density at radius 3 is 2.43 bits per heavy atom. The molecule has 1 amide bonds. The summed E-state index contributed by atoms with van der Waals surface area (Å²) >= 11 is 12.6. The summed E-state index contributed by atoms with van der Waals surface area (Å²) in [6.45, 7) is 2.56. The molecule has 1 saturated heterocycles. The van der Waals surface area contributed by atoms with Crippen LogP contribution in [0.15, 0.2) is 42.5 Å². The number of amides is 1. The molecule has 0 bridgehead atoms. The SMILES string of the molecule is COc1nc(NCCNc2ccc(N3CCN(C)CC3=O)c(-c3ccc(Cl)cc3Cl)n2)ccc1N([O-])O.